The SMILES string of the molecule is COc1c(O)ccc(Cl)c1C(C)N. The van der Waals surface area contributed by atoms with E-state index in [1.165, 1.54) is 13.2 Å². The van der Waals surface area contributed by atoms with E-state index in [4.69, 9.17) is 22.1 Å². The van der Waals surface area contributed by atoms with Gasteiger partial charge in [-0.15, -0.1) is 0 Å². The highest BCUT2D eigenvalue weighted by atomic mass is 35.5. The Kier molecular flexibility index (Phi) is 3.01. The molecule has 72 valence electrons. The Morgan fingerprint density at radius 3 is 2.54 bits per heavy atom. The summed E-state index contributed by atoms with van der Waals surface area (Å²) < 4.78 is 5.00. The number of halogens is 1. The van der Waals surface area contributed by atoms with Gasteiger partial charge in [0.2, 0.25) is 0 Å². The molecule has 0 saturated carbocycles. The van der Waals surface area contributed by atoms with Crippen LogP contribution in [0, 0.1) is 0 Å². The van der Waals surface area contributed by atoms with Crippen LogP contribution in [0.4, 0.5) is 0 Å². The van der Waals surface area contributed by atoms with Gasteiger partial charge in [-0.25, -0.2) is 0 Å². The van der Waals surface area contributed by atoms with Gasteiger partial charge in [0.1, 0.15) is 0 Å². The van der Waals surface area contributed by atoms with Gasteiger partial charge < -0.3 is 15.6 Å². The molecule has 0 aliphatic heterocycles. The van der Waals surface area contributed by atoms with Crippen molar-refractivity contribution in [2.24, 2.45) is 5.73 Å². The summed E-state index contributed by atoms with van der Waals surface area (Å²) in [5, 5.41) is 9.93. The number of hydrogen-bond donors (Lipinski definition) is 2. The Bertz CT molecular complexity index is 313. The van der Waals surface area contributed by atoms with Crippen LogP contribution in [-0.4, -0.2) is 12.2 Å². The van der Waals surface area contributed by atoms with Crippen LogP contribution in [-0.2, 0) is 0 Å². The normalized spacial score (nSPS) is 12.6. The Labute approximate surface area is 82.1 Å². The third-order valence-corrected chi connectivity index (χ3v) is 2.11. The van der Waals surface area contributed by atoms with E-state index < -0.39 is 0 Å². The van der Waals surface area contributed by atoms with Crippen molar-refractivity contribution in [2.45, 2.75) is 13.0 Å². The molecule has 1 aromatic rings. The van der Waals surface area contributed by atoms with Crippen LogP contribution in [0.5, 0.6) is 11.5 Å². The minimum atomic E-state index is -0.269. The van der Waals surface area contributed by atoms with Gasteiger partial charge in [0.25, 0.3) is 0 Å². The van der Waals surface area contributed by atoms with Crippen LogP contribution in [0.15, 0.2) is 12.1 Å². The minimum Gasteiger partial charge on any atom is -0.504 e. The van der Waals surface area contributed by atoms with E-state index in [9.17, 15) is 5.11 Å². The Hall–Kier alpha value is -0.930. The van der Waals surface area contributed by atoms with Gasteiger partial charge in [-0.1, -0.05) is 11.6 Å². The quantitative estimate of drug-likeness (QED) is 0.770. The smallest absolute Gasteiger partial charge is 0.166 e. The van der Waals surface area contributed by atoms with Crippen molar-refractivity contribution in [1.82, 2.24) is 0 Å². The molecule has 1 atom stereocenters. The van der Waals surface area contributed by atoms with Gasteiger partial charge in [-0.05, 0) is 19.1 Å². The summed E-state index contributed by atoms with van der Waals surface area (Å²) >= 11 is 5.90. The molecule has 0 aliphatic carbocycles. The van der Waals surface area contributed by atoms with E-state index in [0.29, 0.717) is 16.3 Å². The van der Waals surface area contributed by atoms with Gasteiger partial charge in [0.05, 0.1) is 7.11 Å². The molecule has 1 unspecified atom stereocenters. The molecule has 0 fully saturated rings. The van der Waals surface area contributed by atoms with Crippen molar-refractivity contribution in [2.75, 3.05) is 7.11 Å². The van der Waals surface area contributed by atoms with Gasteiger partial charge in [-0.2, -0.15) is 0 Å². The molecule has 13 heavy (non-hydrogen) atoms. The maximum atomic E-state index is 9.43. The molecular weight excluding hydrogens is 190 g/mol. The lowest BCUT2D eigenvalue weighted by molar-refractivity contribution is 0.367. The second-order valence-electron chi connectivity index (χ2n) is 2.80. The number of hydrogen-bond acceptors (Lipinski definition) is 3. The number of ether oxygens (including phenoxy) is 1. The molecule has 0 bridgehead atoms. The van der Waals surface area contributed by atoms with Crippen molar-refractivity contribution in [3.8, 4) is 11.5 Å². The maximum absolute atomic E-state index is 9.43. The van der Waals surface area contributed by atoms with E-state index in [2.05, 4.69) is 0 Å². The number of benzene rings is 1. The monoisotopic (exact) mass is 201 g/mol. The third-order valence-electron chi connectivity index (χ3n) is 1.78. The van der Waals surface area contributed by atoms with Crippen LogP contribution in [0.3, 0.4) is 0 Å². The fourth-order valence-electron chi connectivity index (χ4n) is 1.20. The van der Waals surface area contributed by atoms with Crippen LogP contribution in [0.1, 0.15) is 18.5 Å². The first kappa shape index (κ1) is 10.2. The average molecular weight is 202 g/mol. The summed E-state index contributed by atoms with van der Waals surface area (Å²) in [6, 6.07) is 2.81. The lowest BCUT2D eigenvalue weighted by Gasteiger charge is -2.14. The fourth-order valence-corrected chi connectivity index (χ4v) is 1.52. The average Bonchev–Trinajstić information content (AvgIpc) is 2.07. The minimum absolute atomic E-state index is 0.0548. The van der Waals surface area contributed by atoms with E-state index in [1.807, 2.05) is 0 Å². The molecule has 3 nitrogen and oxygen atoms in total. The zero-order valence-corrected chi connectivity index (χ0v) is 8.30. The van der Waals surface area contributed by atoms with Crippen molar-refractivity contribution < 1.29 is 9.84 Å². The molecule has 4 heteroatoms. The molecule has 3 N–H and O–H groups in total. The fraction of sp³-hybridized carbons (Fsp3) is 0.333. The zero-order chi connectivity index (χ0) is 10.0. The predicted octanol–water partition coefficient (Wildman–Crippen LogP) is 2.07. The van der Waals surface area contributed by atoms with Crippen LogP contribution in [0.2, 0.25) is 5.02 Å². The van der Waals surface area contributed by atoms with Crippen LogP contribution < -0.4 is 10.5 Å². The number of phenolic OH excluding ortho intramolecular Hbond substituents is 1. The molecule has 0 heterocycles. The molecule has 0 aromatic heterocycles. The highest BCUT2D eigenvalue weighted by Crippen LogP contribution is 2.37. The predicted molar refractivity (Wildman–Crippen MR) is 52.3 cm³/mol. The molecule has 0 radical (unpaired) electrons. The van der Waals surface area contributed by atoms with Gasteiger partial charge in [-0.3, -0.25) is 0 Å². The molecule has 1 rings (SSSR count). The van der Waals surface area contributed by atoms with Gasteiger partial charge in [0.15, 0.2) is 11.5 Å². The van der Waals surface area contributed by atoms with Crippen molar-refractivity contribution in [1.29, 1.82) is 0 Å². The molecule has 0 saturated heterocycles. The maximum Gasteiger partial charge on any atom is 0.166 e. The highest BCUT2D eigenvalue weighted by molar-refractivity contribution is 6.31. The molecule has 0 amide bonds. The standard InChI is InChI=1S/C9H12ClNO2/c1-5(11)8-6(10)3-4-7(12)9(8)13-2/h3-5,12H,11H2,1-2H3. The first-order chi connectivity index (χ1) is 6.07. The summed E-state index contributed by atoms with van der Waals surface area (Å²) in [4.78, 5) is 0. The van der Waals surface area contributed by atoms with Crippen LogP contribution >= 0.6 is 11.6 Å². The second kappa shape index (κ2) is 3.85. The molecule has 1 aromatic carbocycles. The van der Waals surface area contributed by atoms with E-state index in [0.717, 1.165) is 0 Å². The van der Waals surface area contributed by atoms with Crippen molar-refractivity contribution in [3.05, 3.63) is 22.7 Å². The topological polar surface area (TPSA) is 55.5 Å². The third kappa shape index (κ3) is 1.87. The largest absolute Gasteiger partial charge is 0.504 e. The van der Waals surface area contributed by atoms with Crippen molar-refractivity contribution >= 4 is 11.6 Å². The number of methoxy groups -OCH3 is 1. The highest BCUT2D eigenvalue weighted by Gasteiger charge is 2.15. The first-order valence-corrected chi connectivity index (χ1v) is 4.26. The van der Waals surface area contributed by atoms with Crippen LogP contribution in [0.25, 0.3) is 0 Å². The number of aromatic hydroxyl groups is 1. The number of phenols is 1. The molecule has 0 aliphatic rings. The molecule has 0 spiro atoms. The van der Waals surface area contributed by atoms with E-state index in [-0.39, 0.29) is 11.8 Å². The second-order valence-corrected chi connectivity index (χ2v) is 3.21. The Balaban J connectivity index is 3.35. The van der Waals surface area contributed by atoms with E-state index in [1.54, 1.807) is 13.0 Å². The summed E-state index contributed by atoms with van der Waals surface area (Å²) in [7, 11) is 1.47. The zero-order valence-electron chi connectivity index (χ0n) is 7.54. The Morgan fingerprint density at radius 1 is 1.54 bits per heavy atom. The first-order valence-electron chi connectivity index (χ1n) is 3.89. The summed E-state index contributed by atoms with van der Waals surface area (Å²) in [5.74, 6) is 0.404. The number of rotatable bonds is 2. The Morgan fingerprint density at radius 2 is 2.15 bits per heavy atom. The lowest BCUT2D eigenvalue weighted by atomic mass is 10.1. The summed E-state index contributed by atoms with van der Waals surface area (Å²) in [5.41, 5.74) is 6.31. The number of nitrogens with two attached hydrogens (primary N) is 1. The molecular formula is C9H12ClNO2. The summed E-state index contributed by atoms with van der Waals surface area (Å²) in [6.45, 7) is 1.78. The van der Waals surface area contributed by atoms with Gasteiger partial charge in [0, 0.05) is 16.6 Å². The summed E-state index contributed by atoms with van der Waals surface area (Å²) in [6.07, 6.45) is 0. The van der Waals surface area contributed by atoms with Crippen molar-refractivity contribution in [3.63, 3.8) is 0 Å². The van der Waals surface area contributed by atoms with Gasteiger partial charge >= 0.3 is 0 Å². The van der Waals surface area contributed by atoms with E-state index >= 15 is 0 Å². The lowest BCUT2D eigenvalue weighted by Crippen LogP contribution is -2.07.